The highest BCUT2D eigenvalue weighted by atomic mass is 32.1. The van der Waals surface area contributed by atoms with E-state index in [1.54, 1.807) is 18.4 Å². The third-order valence-electron chi connectivity index (χ3n) is 2.29. The minimum atomic E-state index is -0.136. The van der Waals surface area contributed by atoms with Gasteiger partial charge in [-0.25, -0.2) is 0 Å². The van der Waals surface area contributed by atoms with Crippen molar-refractivity contribution in [2.75, 3.05) is 32.7 Å². The molecule has 1 aromatic heterocycles. The summed E-state index contributed by atoms with van der Waals surface area (Å²) in [5, 5.41) is 10.2. The van der Waals surface area contributed by atoms with Crippen molar-refractivity contribution in [3.8, 4) is 5.88 Å². The molecule has 0 fully saturated rings. The first-order valence-corrected chi connectivity index (χ1v) is 6.03. The topological polar surface area (TPSA) is 45.6 Å². The number of thiazole rings is 1. The molecule has 0 aliphatic rings. The van der Waals surface area contributed by atoms with Crippen molar-refractivity contribution in [2.45, 2.75) is 20.3 Å². The molecule has 0 saturated heterocycles. The Kier molecular flexibility index (Phi) is 4.15. The third-order valence-corrected chi connectivity index (χ3v) is 3.50. The van der Waals surface area contributed by atoms with E-state index in [4.69, 9.17) is 4.74 Å². The quantitative estimate of drug-likeness (QED) is 0.857. The van der Waals surface area contributed by atoms with E-state index in [-0.39, 0.29) is 12.0 Å². The van der Waals surface area contributed by atoms with Gasteiger partial charge in [0.15, 0.2) is 5.13 Å². The Bertz CT molecular complexity index is 348. The van der Waals surface area contributed by atoms with E-state index in [0.29, 0.717) is 5.88 Å². The Morgan fingerprint density at radius 1 is 1.44 bits per heavy atom. The van der Waals surface area contributed by atoms with Crippen LogP contribution in [-0.2, 0) is 6.42 Å². The van der Waals surface area contributed by atoms with Crippen LogP contribution in [0.2, 0.25) is 0 Å². The molecular weight excluding hydrogens is 224 g/mol. The molecule has 0 atom stereocenters. The standard InChI is InChI=1S/C11H20N2O2S/c1-11(2,7-14)6-8-9(15-5)12-10(16-8)13(3)4/h14H,6-7H2,1-5H3. The highest BCUT2D eigenvalue weighted by Crippen LogP contribution is 2.35. The summed E-state index contributed by atoms with van der Waals surface area (Å²) in [5.74, 6) is 0.676. The molecule has 1 aromatic rings. The molecule has 0 amide bonds. The van der Waals surface area contributed by atoms with Gasteiger partial charge in [0.25, 0.3) is 0 Å². The summed E-state index contributed by atoms with van der Waals surface area (Å²) in [6.45, 7) is 4.22. The number of hydrogen-bond acceptors (Lipinski definition) is 5. The lowest BCUT2D eigenvalue weighted by Crippen LogP contribution is -2.19. The van der Waals surface area contributed by atoms with Gasteiger partial charge in [-0.15, -0.1) is 0 Å². The van der Waals surface area contributed by atoms with Gasteiger partial charge in [-0.05, 0) is 11.8 Å². The lowest BCUT2D eigenvalue weighted by atomic mass is 9.90. The molecule has 0 aliphatic heterocycles. The summed E-state index contributed by atoms with van der Waals surface area (Å²) >= 11 is 1.61. The Hall–Kier alpha value is -0.810. The van der Waals surface area contributed by atoms with Gasteiger partial charge in [0, 0.05) is 20.7 Å². The SMILES string of the molecule is COc1nc(N(C)C)sc1CC(C)(C)CO. The third kappa shape index (κ3) is 3.09. The monoisotopic (exact) mass is 244 g/mol. The first-order chi connectivity index (χ1) is 7.39. The normalized spacial score (nSPS) is 11.6. The first kappa shape index (κ1) is 13.3. The summed E-state index contributed by atoms with van der Waals surface area (Å²) in [5.41, 5.74) is -0.136. The van der Waals surface area contributed by atoms with Gasteiger partial charge in [0.1, 0.15) is 0 Å². The van der Waals surface area contributed by atoms with Gasteiger partial charge < -0.3 is 14.7 Å². The summed E-state index contributed by atoms with van der Waals surface area (Å²) in [4.78, 5) is 7.44. The van der Waals surface area contributed by atoms with Crippen molar-refractivity contribution in [2.24, 2.45) is 5.41 Å². The van der Waals surface area contributed by atoms with Gasteiger partial charge in [0.2, 0.25) is 5.88 Å². The summed E-state index contributed by atoms with van der Waals surface area (Å²) in [6, 6.07) is 0. The molecular formula is C11H20N2O2S. The van der Waals surface area contributed by atoms with Crippen LogP contribution in [-0.4, -0.2) is 37.9 Å². The van der Waals surface area contributed by atoms with E-state index < -0.39 is 0 Å². The van der Waals surface area contributed by atoms with Crippen molar-refractivity contribution >= 4 is 16.5 Å². The molecule has 16 heavy (non-hydrogen) atoms. The lowest BCUT2D eigenvalue weighted by Gasteiger charge is -2.20. The molecule has 0 bridgehead atoms. The zero-order valence-corrected chi connectivity index (χ0v) is 11.4. The number of methoxy groups -OCH3 is 1. The molecule has 0 radical (unpaired) electrons. The first-order valence-electron chi connectivity index (χ1n) is 5.21. The summed E-state index contributed by atoms with van der Waals surface area (Å²) < 4.78 is 5.26. The molecule has 0 aromatic carbocycles. The number of aromatic nitrogens is 1. The van der Waals surface area contributed by atoms with Gasteiger partial charge in [-0.1, -0.05) is 25.2 Å². The molecule has 92 valence electrons. The minimum absolute atomic E-state index is 0.136. The smallest absolute Gasteiger partial charge is 0.229 e. The molecule has 1 N–H and O–H groups in total. The van der Waals surface area contributed by atoms with Crippen LogP contribution in [0.15, 0.2) is 0 Å². The number of aliphatic hydroxyl groups is 1. The van der Waals surface area contributed by atoms with Crippen LogP contribution in [0.3, 0.4) is 0 Å². The summed E-state index contributed by atoms with van der Waals surface area (Å²) in [7, 11) is 5.54. The highest BCUT2D eigenvalue weighted by molar-refractivity contribution is 7.15. The van der Waals surface area contributed by atoms with E-state index >= 15 is 0 Å². The van der Waals surface area contributed by atoms with E-state index in [9.17, 15) is 5.11 Å². The molecule has 0 unspecified atom stereocenters. The van der Waals surface area contributed by atoms with Crippen LogP contribution in [0, 0.1) is 5.41 Å². The molecule has 5 heteroatoms. The van der Waals surface area contributed by atoms with E-state index in [2.05, 4.69) is 4.98 Å². The predicted octanol–water partition coefficient (Wildman–Crippen LogP) is 1.78. The molecule has 4 nitrogen and oxygen atoms in total. The van der Waals surface area contributed by atoms with Crippen LogP contribution in [0.1, 0.15) is 18.7 Å². The van der Waals surface area contributed by atoms with Crippen molar-refractivity contribution in [3.63, 3.8) is 0 Å². The Labute approximate surface area is 101 Å². The largest absolute Gasteiger partial charge is 0.480 e. The van der Waals surface area contributed by atoms with Crippen molar-refractivity contribution in [3.05, 3.63) is 4.88 Å². The molecule has 0 saturated carbocycles. The number of ether oxygens (including phenoxy) is 1. The molecule has 1 rings (SSSR count). The second kappa shape index (κ2) is 5.01. The van der Waals surface area contributed by atoms with E-state index in [1.165, 1.54) is 0 Å². The number of aliphatic hydroxyl groups excluding tert-OH is 1. The maximum atomic E-state index is 9.27. The second-order valence-corrected chi connectivity index (χ2v) is 5.88. The fourth-order valence-electron chi connectivity index (χ4n) is 1.28. The van der Waals surface area contributed by atoms with Crippen LogP contribution in [0.5, 0.6) is 5.88 Å². The maximum absolute atomic E-state index is 9.27. The fourth-order valence-corrected chi connectivity index (χ4v) is 2.49. The number of rotatable bonds is 5. The Morgan fingerprint density at radius 3 is 2.50 bits per heavy atom. The van der Waals surface area contributed by atoms with Crippen LogP contribution < -0.4 is 9.64 Å². The fraction of sp³-hybridized carbons (Fsp3) is 0.727. The highest BCUT2D eigenvalue weighted by Gasteiger charge is 2.23. The maximum Gasteiger partial charge on any atom is 0.229 e. The molecule has 1 heterocycles. The number of nitrogens with zero attached hydrogens (tertiary/aromatic N) is 2. The van der Waals surface area contributed by atoms with Gasteiger partial charge in [-0.2, -0.15) is 4.98 Å². The predicted molar refractivity (Wildman–Crippen MR) is 67.6 cm³/mol. The zero-order chi connectivity index (χ0) is 12.3. The Balaban J connectivity index is 2.94. The average Bonchev–Trinajstić information content (AvgIpc) is 2.60. The van der Waals surface area contributed by atoms with Crippen LogP contribution >= 0.6 is 11.3 Å². The van der Waals surface area contributed by atoms with Gasteiger partial charge >= 0.3 is 0 Å². The van der Waals surface area contributed by atoms with E-state index in [0.717, 1.165) is 16.4 Å². The lowest BCUT2D eigenvalue weighted by molar-refractivity contribution is 0.159. The zero-order valence-electron chi connectivity index (χ0n) is 10.6. The number of anilines is 1. The molecule has 0 aliphatic carbocycles. The van der Waals surface area contributed by atoms with Gasteiger partial charge in [-0.3, -0.25) is 0 Å². The van der Waals surface area contributed by atoms with E-state index in [1.807, 2.05) is 32.8 Å². The van der Waals surface area contributed by atoms with Crippen LogP contribution in [0.25, 0.3) is 0 Å². The minimum Gasteiger partial charge on any atom is -0.480 e. The van der Waals surface area contributed by atoms with Crippen LogP contribution in [0.4, 0.5) is 5.13 Å². The number of hydrogen-bond donors (Lipinski definition) is 1. The summed E-state index contributed by atoms with van der Waals surface area (Å²) in [6.07, 6.45) is 0.776. The molecule has 0 spiro atoms. The van der Waals surface area contributed by atoms with Crippen molar-refractivity contribution in [1.82, 2.24) is 4.98 Å². The average molecular weight is 244 g/mol. The van der Waals surface area contributed by atoms with Gasteiger partial charge in [0.05, 0.1) is 12.0 Å². The Morgan fingerprint density at radius 2 is 2.06 bits per heavy atom. The van der Waals surface area contributed by atoms with Crippen molar-refractivity contribution < 1.29 is 9.84 Å². The van der Waals surface area contributed by atoms with Crippen molar-refractivity contribution in [1.29, 1.82) is 0 Å². The second-order valence-electron chi connectivity index (χ2n) is 4.82.